The summed E-state index contributed by atoms with van der Waals surface area (Å²) >= 11 is 1.72. The van der Waals surface area contributed by atoms with Crippen LogP contribution in [0.1, 0.15) is 137 Å². The maximum atomic E-state index is 5.25. The maximum Gasteiger partial charge on any atom is 0.196 e. The molecule has 3 aliphatic rings. The molecule has 0 saturated carbocycles. The largest absolute Gasteiger partial charge is 0.479 e. The Morgan fingerprint density at radius 2 is 1.26 bits per heavy atom. The summed E-state index contributed by atoms with van der Waals surface area (Å²) in [5.74, 6) is 7.26. The Kier molecular flexibility index (Phi) is 24.6. The number of aromatic nitrogens is 3. The van der Waals surface area contributed by atoms with E-state index < -0.39 is 0 Å². The van der Waals surface area contributed by atoms with Crippen LogP contribution in [0.25, 0.3) is 0 Å². The Morgan fingerprint density at radius 3 is 1.54 bits per heavy atom. The zero-order valence-corrected chi connectivity index (χ0v) is 34.2. The highest BCUT2D eigenvalue weighted by Crippen LogP contribution is 2.22. The van der Waals surface area contributed by atoms with Crippen LogP contribution >= 0.6 is 11.3 Å². The van der Waals surface area contributed by atoms with E-state index in [9.17, 15) is 0 Å². The first-order valence-electron chi connectivity index (χ1n) is 18.8. The van der Waals surface area contributed by atoms with Crippen molar-refractivity contribution >= 4 is 17.2 Å². The summed E-state index contributed by atoms with van der Waals surface area (Å²) in [4.78, 5) is 16.1. The van der Waals surface area contributed by atoms with Crippen molar-refractivity contribution in [2.75, 3.05) is 39.6 Å². The second-order valence-electron chi connectivity index (χ2n) is 14.8. The molecule has 0 bridgehead atoms. The van der Waals surface area contributed by atoms with E-state index in [4.69, 9.17) is 18.6 Å². The van der Waals surface area contributed by atoms with Gasteiger partial charge in [0, 0.05) is 68.2 Å². The second-order valence-corrected chi connectivity index (χ2v) is 15.7. The number of pyridine rings is 1. The van der Waals surface area contributed by atoms with E-state index in [-0.39, 0.29) is 0 Å². The van der Waals surface area contributed by atoms with E-state index >= 15 is 0 Å². The fraction of sp³-hybridized carbons (Fsp3) is 0.707. The van der Waals surface area contributed by atoms with Gasteiger partial charge >= 0.3 is 0 Å². The van der Waals surface area contributed by atoms with Crippen LogP contribution < -0.4 is 0 Å². The van der Waals surface area contributed by atoms with Gasteiger partial charge in [-0.15, -0.1) is 11.3 Å². The van der Waals surface area contributed by atoms with Crippen LogP contribution in [-0.4, -0.2) is 60.4 Å². The molecule has 0 N–H and O–H groups in total. The number of oxazole rings is 1. The molecule has 3 aromatic heterocycles. The number of hydrogen-bond acceptors (Lipinski definition) is 9. The van der Waals surface area contributed by atoms with Gasteiger partial charge in [0.2, 0.25) is 0 Å². The highest BCUT2D eigenvalue weighted by Gasteiger charge is 2.18. The Hall–Kier alpha value is -2.62. The predicted molar refractivity (Wildman–Crippen MR) is 210 cm³/mol. The molecule has 50 heavy (non-hydrogen) atoms. The number of rotatable bonds is 6. The van der Waals surface area contributed by atoms with Crippen LogP contribution in [0.2, 0.25) is 0 Å². The highest BCUT2D eigenvalue weighted by atomic mass is 32.1. The van der Waals surface area contributed by atoms with Gasteiger partial charge in [0.15, 0.2) is 11.8 Å². The fourth-order valence-corrected chi connectivity index (χ4v) is 5.60. The number of thiazole rings is 1. The third-order valence-electron chi connectivity index (χ3n) is 8.48. The van der Waals surface area contributed by atoms with E-state index in [1.54, 1.807) is 23.8 Å². The molecule has 3 aromatic rings. The summed E-state index contributed by atoms with van der Waals surface area (Å²) in [6.07, 6.45) is 12.6. The molecule has 1 atom stereocenters. The van der Waals surface area contributed by atoms with Gasteiger partial charge in [0.05, 0.1) is 17.7 Å². The number of hydrogen-bond donors (Lipinski definition) is 0. The van der Waals surface area contributed by atoms with E-state index in [2.05, 4.69) is 89.2 Å². The van der Waals surface area contributed by atoms with Crippen LogP contribution in [-0.2, 0) is 14.2 Å². The summed E-state index contributed by atoms with van der Waals surface area (Å²) in [5, 5.41) is 3.24. The third kappa shape index (κ3) is 20.9. The SMILES string of the molecule is CC(C)C1=NCCO1.CC(C)C1CCOC1.CC(C)C1CCOCC1.CC(C)c1ccncc1.CC(C)c1ncco1.CC(C)c1nccs1. The van der Waals surface area contributed by atoms with Crippen molar-refractivity contribution in [1.82, 2.24) is 15.0 Å². The molecule has 6 heterocycles. The first-order valence-corrected chi connectivity index (χ1v) is 19.7. The summed E-state index contributed by atoms with van der Waals surface area (Å²) in [7, 11) is 0. The normalized spacial score (nSPS) is 17.0. The fourth-order valence-electron chi connectivity index (χ4n) is 4.95. The van der Waals surface area contributed by atoms with Crippen LogP contribution in [0.3, 0.4) is 0 Å². The van der Waals surface area contributed by atoms with Gasteiger partial charge < -0.3 is 18.6 Å². The molecule has 6 rings (SSSR count). The van der Waals surface area contributed by atoms with Gasteiger partial charge in [-0.25, -0.2) is 9.97 Å². The van der Waals surface area contributed by atoms with Crippen molar-refractivity contribution < 1.29 is 18.6 Å². The maximum absolute atomic E-state index is 5.25. The average molecular weight is 715 g/mol. The van der Waals surface area contributed by atoms with Gasteiger partial charge in [-0.2, -0.15) is 0 Å². The molecule has 2 fully saturated rings. The summed E-state index contributed by atoms with van der Waals surface area (Å²) < 4.78 is 20.6. The predicted octanol–water partition coefficient (Wildman–Crippen LogP) is 11.1. The zero-order chi connectivity index (χ0) is 37.3. The molecule has 3 aliphatic heterocycles. The Labute approximate surface area is 309 Å². The minimum Gasteiger partial charge on any atom is -0.479 e. The molecule has 2 saturated heterocycles. The number of ether oxygens (including phenoxy) is 3. The van der Waals surface area contributed by atoms with Crippen LogP contribution in [0.15, 0.2) is 58.0 Å². The molecule has 9 heteroatoms. The minimum atomic E-state index is 0.407. The first-order chi connectivity index (χ1) is 23.8. The van der Waals surface area contributed by atoms with E-state index in [0.29, 0.717) is 23.7 Å². The highest BCUT2D eigenvalue weighted by molar-refractivity contribution is 7.09. The van der Waals surface area contributed by atoms with Crippen LogP contribution in [0.5, 0.6) is 0 Å². The molecule has 284 valence electrons. The third-order valence-corrected chi connectivity index (χ3v) is 9.56. The molecule has 0 aliphatic carbocycles. The quantitative estimate of drug-likeness (QED) is 0.251. The molecule has 8 nitrogen and oxygen atoms in total. The summed E-state index contributed by atoms with van der Waals surface area (Å²) in [6.45, 7) is 31.7. The van der Waals surface area contributed by atoms with E-state index in [1.807, 2.05) is 50.0 Å². The lowest BCUT2D eigenvalue weighted by Gasteiger charge is -2.24. The monoisotopic (exact) mass is 715 g/mol. The number of aliphatic imine (C=N–C) groups is 1. The number of nitrogens with zero attached hydrogens (tertiary/aromatic N) is 4. The van der Waals surface area contributed by atoms with E-state index in [1.165, 1.54) is 29.8 Å². The molecular formula is C41H70N4O4S. The Morgan fingerprint density at radius 1 is 0.640 bits per heavy atom. The van der Waals surface area contributed by atoms with Crippen molar-refractivity contribution in [2.24, 2.45) is 34.6 Å². The molecule has 0 amide bonds. The van der Waals surface area contributed by atoms with Crippen molar-refractivity contribution in [3.63, 3.8) is 0 Å². The molecule has 1 unspecified atom stereocenters. The van der Waals surface area contributed by atoms with Crippen LogP contribution in [0, 0.1) is 29.6 Å². The first kappa shape index (κ1) is 45.4. The lowest BCUT2D eigenvalue weighted by molar-refractivity contribution is 0.0523. The Balaban J connectivity index is 0.000000300. The lowest BCUT2D eigenvalue weighted by Crippen LogP contribution is -2.19. The zero-order valence-electron chi connectivity index (χ0n) is 33.4. The van der Waals surface area contributed by atoms with Crippen LogP contribution in [0.4, 0.5) is 0 Å². The molecule has 0 radical (unpaired) electrons. The Bertz CT molecular complexity index is 1150. The van der Waals surface area contributed by atoms with Gasteiger partial charge in [0.25, 0.3) is 0 Å². The van der Waals surface area contributed by atoms with Crippen molar-refractivity contribution in [3.8, 4) is 0 Å². The van der Waals surface area contributed by atoms with E-state index in [0.717, 1.165) is 75.0 Å². The minimum absolute atomic E-state index is 0.407. The average Bonchev–Trinajstić information content (AvgIpc) is 3.95. The van der Waals surface area contributed by atoms with Gasteiger partial charge in [-0.3, -0.25) is 9.98 Å². The second kappa shape index (κ2) is 27.1. The van der Waals surface area contributed by atoms with Crippen molar-refractivity contribution in [3.05, 3.63) is 65.0 Å². The van der Waals surface area contributed by atoms with Crippen molar-refractivity contribution in [2.45, 2.75) is 120 Å². The molecule has 0 spiro atoms. The van der Waals surface area contributed by atoms with Gasteiger partial charge in [-0.1, -0.05) is 83.1 Å². The molecular weight excluding hydrogens is 645 g/mol. The smallest absolute Gasteiger partial charge is 0.196 e. The standard InChI is InChI=1S/C8H11N.C8H16O.C7H14O.C6H11NO.C6H9NO.C6H9NS/c2*1-7(2)8-3-5-9-6-4-8;1-6(2)7-3-4-8-5-7;3*1-5(2)6-7-3-4-8-6/h3-7H,1-2H3;7-8H,3-6H2,1-2H3;6-7H,3-5H2,1-2H3;5H,3-4H2,1-2H3;2*3-5H,1-2H3. The topological polar surface area (TPSA) is 91.9 Å². The molecule has 0 aromatic carbocycles. The summed E-state index contributed by atoms with van der Waals surface area (Å²) in [6, 6.07) is 4.09. The van der Waals surface area contributed by atoms with Gasteiger partial charge in [0.1, 0.15) is 12.9 Å². The van der Waals surface area contributed by atoms with Crippen molar-refractivity contribution in [1.29, 1.82) is 0 Å². The summed E-state index contributed by atoms with van der Waals surface area (Å²) in [5.41, 5.74) is 1.35. The lowest BCUT2D eigenvalue weighted by atomic mass is 9.89. The van der Waals surface area contributed by atoms with Gasteiger partial charge in [-0.05, 0) is 66.5 Å².